The fourth-order valence-corrected chi connectivity index (χ4v) is 1.54. The first kappa shape index (κ1) is 21.4. The minimum Gasteiger partial charge on any atom is -1.00 e. The van der Waals surface area contributed by atoms with E-state index in [9.17, 15) is 9.59 Å². The Bertz CT molecular complexity index is 255. The van der Waals surface area contributed by atoms with E-state index in [4.69, 9.17) is 10.8 Å². The van der Waals surface area contributed by atoms with Crippen molar-refractivity contribution in [1.82, 2.24) is 0 Å². The van der Waals surface area contributed by atoms with Gasteiger partial charge in [0, 0.05) is 6.42 Å². The van der Waals surface area contributed by atoms with E-state index in [-0.39, 0.29) is 37.4 Å². The monoisotopic (exact) mass is 283 g/mol. The van der Waals surface area contributed by atoms with E-state index in [2.05, 4.69) is 11.7 Å². The molecule has 0 rings (SSSR count). The van der Waals surface area contributed by atoms with Crippen molar-refractivity contribution in [3.63, 3.8) is 0 Å². The Kier molecular flexibility index (Phi) is 16.3. The summed E-state index contributed by atoms with van der Waals surface area (Å²) >= 11 is 0. The molecule has 0 spiro atoms. The number of carbonyl (C=O) groups excluding carboxylic acids is 2. The smallest absolute Gasteiger partial charge is 1.00 e. The molecule has 0 aromatic heterocycles. The molecule has 0 aliphatic rings. The van der Waals surface area contributed by atoms with Crippen molar-refractivity contribution in [2.45, 2.75) is 64.3 Å². The molecule has 0 heterocycles. The topological polar surface area (TPSA) is 89.6 Å². The zero-order chi connectivity index (χ0) is 13.8. The molecule has 0 unspecified atom stereocenters. The summed E-state index contributed by atoms with van der Waals surface area (Å²) in [5.41, 5.74) is 5.21. The molecule has 0 fully saturated rings. The first-order valence-corrected chi connectivity index (χ1v) is 6.72. The summed E-state index contributed by atoms with van der Waals surface area (Å²) in [4.78, 5) is 22.3. The van der Waals surface area contributed by atoms with Crippen LogP contribution in [0.25, 0.3) is 0 Å². The Balaban J connectivity index is -0.00000144. The van der Waals surface area contributed by atoms with Crippen LogP contribution in [0, 0.1) is 0 Å². The summed E-state index contributed by atoms with van der Waals surface area (Å²) in [6, 6.07) is -1.12. The molecule has 0 aromatic rings. The number of carbonyl (C=O) groups is 2. The van der Waals surface area contributed by atoms with E-state index in [0.717, 1.165) is 19.3 Å². The third kappa shape index (κ3) is 12.8. The molecule has 3 N–H and O–H groups in total. The first-order chi connectivity index (χ1) is 8.61. The van der Waals surface area contributed by atoms with Crippen LogP contribution in [0.15, 0.2) is 0 Å². The van der Waals surface area contributed by atoms with Gasteiger partial charge in [-0.15, -0.1) is 0 Å². The van der Waals surface area contributed by atoms with Crippen molar-refractivity contribution in [3.8, 4) is 0 Å². The summed E-state index contributed by atoms with van der Waals surface area (Å²) in [6.07, 6.45) is 7.96. The molecule has 0 bridgehead atoms. The van der Waals surface area contributed by atoms with Gasteiger partial charge in [0.15, 0.2) is 0 Å². The molecule has 19 heavy (non-hydrogen) atoms. The predicted molar refractivity (Wildman–Crippen MR) is 69.9 cm³/mol. The fourth-order valence-electron chi connectivity index (χ4n) is 1.54. The number of nitrogens with two attached hydrogens (primary N) is 1. The third-order valence-electron chi connectivity index (χ3n) is 2.70. The molecule has 1 atom stereocenters. The second-order valence-electron chi connectivity index (χ2n) is 4.45. The maximum Gasteiger partial charge on any atom is 1.00 e. The average Bonchev–Trinajstić information content (AvgIpc) is 2.36. The zero-order valence-corrected chi connectivity index (χ0v) is 14.2. The van der Waals surface area contributed by atoms with Crippen LogP contribution in [0.1, 0.15) is 59.7 Å². The minimum atomic E-state index is -1.12. The normalized spacial score (nSPS) is 11.5. The molecular formula is C13H26NNaO4. The van der Waals surface area contributed by atoms with Crippen molar-refractivity contribution in [2.24, 2.45) is 5.73 Å². The van der Waals surface area contributed by atoms with E-state index >= 15 is 0 Å². The standard InChI is InChI=1S/C13H25NO4.Na.H/c1-2-3-4-5-6-7-8-9-12(16)18-13(17)11(14)10-15;;/h11,15H,2-10,14H2,1H3;;/q;+1;-1/t11-;;/m0../s1. The van der Waals surface area contributed by atoms with Gasteiger partial charge in [-0.05, 0) is 6.42 Å². The molecular weight excluding hydrogens is 257 g/mol. The number of ether oxygens (including phenoxy) is 1. The molecule has 108 valence electrons. The maximum absolute atomic E-state index is 11.2. The van der Waals surface area contributed by atoms with Crippen molar-refractivity contribution in [3.05, 3.63) is 0 Å². The van der Waals surface area contributed by atoms with Crippen molar-refractivity contribution < 1.29 is 50.4 Å². The molecule has 0 amide bonds. The summed E-state index contributed by atoms with van der Waals surface area (Å²) < 4.78 is 4.49. The molecule has 0 saturated heterocycles. The number of aliphatic hydroxyl groups excluding tert-OH is 1. The summed E-state index contributed by atoms with van der Waals surface area (Å²) in [6.45, 7) is 1.66. The van der Waals surface area contributed by atoms with Gasteiger partial charge in [-0.2, -0.15) is 0 Å². The summed E-state index contributed by atoms with van der Waals surface area (Å²) in [5.74, 6) is -1.41. The van der Waals surface area contributed by atoms with E-state index < -0.39 is 24.6 Å². The van der Waals surface area contributed by atoms with E-state index in [1.54, 1.807) is 0 Å². The van der Waals surface area contributed by atoms with Gasteiger partial charge in [-0.1, -0.05) is 45.4 Å². The van der Waals surface area contributed by atoms with Gasteiger partial charge in [-0.3, -0.25) is 4.79 Å². The molecule has 0 aromatic carbocycles. The molecule has 0 aliphatic carbocycles. The number of unbranched alkanes of at least 4 members (excludes halogenated alkanes) is 6. The zero-order valence-electron chi connectivity index (χ0n) is 13.2. The van der Waals surface area contributed by atoms with Crippen LogP contribution >= 0.6 is 0 Å². The van der Waals surface area contributed by atoms with Gasteiger partial charge < -0.3 is 17.0 Å². The van der Waals surface area contributed by atoms with Gasteiger partial charge in [0.05, 0.1) is 6.61 Å². The maximum atomic E-state index is 11.2. The Labute approximate surface area is 139 Å². The van der Waals surface area contributed by atoms with Crippen LogP contribution in [0.5, 0.6) is 0 Å². The van der Waals surface area contributed by atoms with E-state index in [0.29, 0.717) is 0 Å². The largest absolute Gasteiger partial charge is 1.00 e. The minimum absolute atomic E-state index is 0. The predicted octanol–water partition coefficient (Wildman–Crippen LogP) is -1.37. The van der Waals surface area contributed by atoms with E-state index in [1.807, 2.05) is 0 Å². The van der Waals surface area contributed by atoms with Crippen LogP contribution in [0.3, 0.4) is 0 Å². The van der Waals surface area contributed by atoms with Gasteiger partial charge in [-0.25, -0.2) is 4.79 Å². The quantitative estimate of drug-likeness (QED) is 0.223. The Morgan fingerprint density at radius 2 is 1.68 bits per heavy atom. The molecule has 0 radical (unpaired) electrons. The number of esters is 2. The first-order valence-electron chi connectivity index (χ1n) is 6.72. The average molecular weight is 283 g/mol. The SMILES string of the molecule is CCCCCCCCCC(=O)OC(=O)[C@@H](N)CO.[H-].[Na+]. The second-order valence-corrected chi connectivity index (χ2v) is 4.45. The Morgan fingerprint density at radius 1 is 1.16 bits per heavy atom. The van der Waals surface area contributed by atoms with Crippen LogP contribution in [0.4, 0.5) is 0 Å². The number of hydrogen-bond donors (Lipinski definition) is 2. The molecule has 6 heteroatoms. The van der Waals surface area contributed by atoms with Crippen LogP contribution in [0.2, 0.25) is 0 Å². The third-order valence-corrected chi connectivity index (χ3v) is 2.70. The van der Waals surface area contributed by atoms with Crippen molar-refractivity contribution in [2.75, 3.05) is 6.61 Å². The van der Waals surface area contributed by atoms with E-state index in [1.165, 1.54) is 25.7 Å². The van der Waals surface area contributed by atoms with Gasteiger partial charge in [0.1, 0.15) is 6.04 Å². The molecule has 0 aliphatic heterocycles. The second kappa shape index (κ2) is 14.5. The van der Waals surface area contributed by atoms with Crippen molar-refractivity contribution in [1.29, 1.82) is 0 Å². The Morgan fingerprint density at radius 3 is 2.21 bits per heavy atom. The summed E-state index contributed by atoms with van der Waals surface area (Å²) in [7, 11) is 0. The van der Waals surface area contributed by atoms with Crippen molar-refractivity contribution >= 4 is 11.9 Å². The number of rotatable bonds is 10. The number of aliphatic hydroxyl groups is 1. The Hall–Kier alpha value is 0.0600. The van der Waals surface area contributed by atoms with Crippen LogP contribution in [-0.2, 0) is 14.3 Å². The number of hydrogen-bond acceptors (Lipinski definition) is 5. The fraction of sp³-hybridized carbons (Fsp3) is 0.846. The van der Waals surface area contributed by atoms with Crippen LogP contribution < -0.4 is 35.3 Å². The molecule has 5 nitrogen and oxygen atoms in total. The summed E-state index contributed by atoms with van der Waals surface area (Å²) in [5, 5.41) is 8.60. The van der Waals surface area contributed by atoms with Gasteiger partial charge >= 0.3 is 41.5 Å². The van der Waals surface area contributed by atoms with Gasteiger partial charge in [0.2, 0.25) is 0 Å². The van der Waals surface area contributed by atoms with Crippen LogP contribution in [-0.4, -0.2) is 29.7 Å². The van der Waals surface area contributed by atoms with Gasteiger partial charge in [0.25, 0.3) is 0 Å². The molecule has 0 saturated carbocycles.